The second kappa shape index (κ2) is 15.1. The summed E-state index contributed by atoms with van der Waals surface area (Å²) in [5.41, 5.74) is -1.33. The van der Waals surface area contributed by atoms with Crippen LogP contribution in [0.25, 0.3) is 0 Å². The van der Waals surface area contributed by atoms with Crippen LogP contribution in [-0.4, -0.2) is 25.7 Å². The summed E-state index contributed by atoms with van der Waals surface area (Å²) < 4.78 is 16.3. The summed E-state index contributed by atoms with van der Waals surface area (Å²) in [5, 5.41) is 0.467. The zero-order chi connectivity index (χ0) is 23.1. The molecular formula is C25H39ClO5. The van der Waals surface area contributed by atoms with Gasteiger partial charge in [0.2, 0.25) is 0 Å². The maximum absolute atomic E-state index is 13.0. The van der Waals surface area contributed by atoms with Crippen LogP contribution in [-0.2, 0) is 14.3 Å². The van der Waals surface area contributed by atoms with E-state index in [1.54, 1.807) is 32.0 Å². The summed E-state index contributed by atoms with van der Waals surface area (Å²) in [4.78, 5) is 25.8. The van der Waals surface area contributed by atoms with Crippen LogP contribution in [0.5, 0.6) is 11.5 Å². The number of unbranched alkanes of at least 4 members (excludes halogenated alkanes) is 8. The largest absolute Gasteiger partial charge is 0.493 e. The number of rotatable bonds is 16. The summed E-state index contributed by atoms with van der Waals surface area (Å²) in [5.74, 6) is -0.579. The van der Waals surface area contributed by atoms with Crippen LogP contribution in [0.2, 0.25) is 5.02 Å². The van der Waals surface area contributed by atoms with Gasteiger partial charge >= 0.3 is 11.9 Å². The van der Waals surface area contributed by atoms with Crippen molar-refractivity contribution >= 4 is 23.5 Å². The molecule has 0 aromatic heterocycles. The van der Waals surface area contributed by atoms with Gasteiger partial charge in [-0.15, -0.1) is 0 Å². The second-order valence-electron chi connectivity index (χ2n) is 7.94. The molecule has 31 heavy (non-hydrogen) atoms. The van der Waals surface area contributed by atoms with E-state index >= 15 is 0 Å². The first-order valence-electron chi connectivity index (χ1n) is 11.7. The predicted molar refractivity (Wildman–Crippen MR) is 125 cm³/mol. The van der Waals surface area contributed by atoms with Gasteiger partial charge in [0, 0.05) is 11.1 Å². The molecule has 0 unspecified atom stereocenters. The number of benzene rings is 1. The highest BCUT2D eigenvalue weighted by Crippen LogP contribution is 2.35. The molecule has 0 bridgehead atoms. The van der Waals surface area contributed by atoms with Crippen molar-refractivity contribution in [3.05, 3.63) is 23.2 Å². The molecule has 0 aliphatic rings. The first-order valence-corrected chi connectivity index (χ1v) is 12.1. The lowest BCUT2D eigenvalue weighted by atomic mass is 9.82. The van der Waals surface area contributed by atoms with Gasteiger partial charge in [0.1, 0.15) is 0 Å². The highest BCUT2D eigenvalue weighted by molar-refractivity contribution is 6.30. The van der Waals surface area contributed by atoms with Gasteiger partial charge in [-0.1, -0.05) is 83.7 Å². The number of hydrogen-bond acceptors (Lipinski definition) is 5. The van der Waals surface area contributed by atoms with E-state index in [0.29, 0.717) is 30.2 Å². The van der Waals surface area contributed by atoms with E-state index in [2.05, 4.69) is 6.92 Å². The van der Waals surface area contributed by atoms with Crippen LogP contribution >= 0.6 is 11.6 Å². The predicted octanol–water partition coefficient (Wildman–Crippen LogP) is 7.13. The molecule has 5 nitrogen and oxygen atoms in total. The first-order chi connectivity index (χ1) is 14.9. The quantitative estimate of drug-likeness (QED) is 0.115. The van der Waals surface area contributed by atoms with Crippen LogP contribution in [0, 0.1) is 5.41 Å². The molecule has 0 radical (unpaired) electrons. The molecule has 0 saturated carbocycles. The minimum atomic E-state index is -1.33. The Labute approximate surface area is 192 Å². The molecule has 176 valence electrons. The Balaban J connectivity index is 2.53. The summed E-state index contributed by atoms with van der Waals surface area (Å²) in [6, 6.07) is 4.73. The van der Waals surface area contributed by atoms with Gasteiger partial charge in [0.25, 0.3) is 0 Å². The number of methoxy groups -OCH3 is 1. The highest BCUT2D eigenvalue weighted by Gasteiger charge is 2.46. The maximum atomic E-state index is 13.0. The molecule has 1 aromatic rings. The van der Waals surface area contributed by atoms with Gasteiger partial charge in [-0.05, 0) is 31.4 Å². The van der Waals surface area contributed by atoms with Crippen molar-refractivity contribution < 1.29 is 23.8 Å². The number of carbonyl (C=O) groups is 2. The molecule has 0 spiro atoms. The maximum Gasteiger partial charge on any atom is 0.328 e. The number of esters is 2. The molecule has 0 amide bonds. The zero-order valence-electron chi connectivity index (χ0n) is 19.6. The lowest BCUT2D eigenvalue weighted by Crippen LogP contribution is -2.42. The average molecular weight is 455 g/mol. The molecule has 0 atom stereocenters. The van der Waals surface area contributed by atoms with Gasteiger partial charge in [-0.25, -0.2) is 0 Å². The third-order valence-corrected chi connectivity index (χ3v) is 6.03. The summed E-state index contributed by atoms with van der Waals surface area (Å²) in [7, 11) is 1.47. The van der Waals surface area contributed by atoms with Crippen LogP contribution < -0.4 is 9.47 Å². The molecule has 6 heteroatoms. The molecule has 0 N–H and O–H groups in total. The Bertz CT molecular complexity index is 670. The Kier molecular flexibility index (Phi) is 13.3. The minimum Gasteiger partial charge on any atom is -0.493 e. The van der Waals surface area contributed by atoms with Gasteiger partial charge in [-0.2, -0.15) is 0 Å². The number of hydrogen-bond donors (Lipinski definition) is 0. The lowest BCUT2D eigenvalue weighted by Gasteiger charge is -2.27. The molecule has 0 aliphatic heterocycles. The molecule has 0 fully saturated rings. The van der Waals surface area contributed by atoms with Crippen LogP contribution in [0.3, 0.4) is 0 Å². The molecule has 0 heterocycles. The normalized spacial score (nSPS) is 11.3. The van der Waals surface area contributed by atoms with Gasteiger partial charge < -0.3 is 14.2 Å². The van der Waals surface area contributed by atoms with Gasteiger partial charge in [0.15, 0.2) is 16.9 Å². The van der Waals surface area contributed by atoms with Crippen molar-refractivity contribution in [1.29, 1.82) is 0 Å². The molecule has 1 aromatic carbocycles. The fraction of sp³-hybridized carbons (Fsp3) is 0.680. The summed E-state index contributed by atoms with van der Waals surface area (Å²) in [6.45, 7) is 6.14. The van der Waals surface area contributed by atoms with Crippen LogP contribution in [0.1, 0.15) is 91.4 Å². The van der Waals surface area contributed by atoms with E-state index in [1.165, 1.54) is 45.6 Å². The van der Waals surface area contributed by atoms with Crippen LogP contribution in [0.15, 0.2) is 18.2 Å². The zero-order valence-corrected chi connectivity index (χ0v) is 20.4. The van der Waals surface area contributed by atoms with Crippen LogP contribution in [0.4, 0.5) is 0 Å². The first kappa shape index (κ1) is 27.3. The fourth-order valence-corrected chi connectivity index (χ4v) is 3.71. The Morgan fingerprint density at radius 2 is 1.42 bits per heavy atom. The van der Waals surface area contributed by atoms with E-state index in [-0.39, 0.29) is 5.75 Å². The molecular weight excluding hydrogens is 416 g/mol. The van der Waals surface area contributed by atoms with E-state index in [1.807, 2.05) is 0 Å². The minimum absolute atomic E-state index is 0.231. The number of halogens is 1. The third-order valence-electron chi connectivity index (χ3n) is 5.80. The van der Waals surface area contributed by atoms with Gasteiger partial charge in [0.05, 0.1) is 13.7 Å². The summed E-state index contributed by atoms with van der Waals surface area (Å²) >= 11 is 5.96. The van der Waals surface area contributed by atoms with Crippen molar-refractivity contribution in [2.75, 3.05) is 13.7 Å². The topological polar surface area (TPSA) is 61.8 Å². The van der Waals surface area contributed by atoms with Crippen molar-refractivity contribution in [2.24, 2.45) is 5.41 Å². The lowest BCUT2D eigenvalue weighted by molar-refractivity contribution is -0.168. The Hall–Kier alpha value is -1.75. The second-order valence-corrected chi connectivity index (χ2v) is 8.37. The highest BCUT2D eigenvalue weighted by atomic mass is 35.5. The third kappa shape index (κ3) is 8.72. The number of ether oxygens (including phenoxy) is 3. The van der Waals surface area contributed by atoms with E-state index in [0.717, 1.165) is 19.3 Å². The molecule has 1 rings (SSSR count). The average Bonchev–Trinajstić information content (AvgIpc) is 2.77. The monoisotopic (exact) mass is 454 g/mol. The van der Waals surface area contributed by atoms with E-state index < -0.39 is 17.4 Å². The smallest absolute Gasteiger partial charge is 0.328 e. The Morgan fingerprint density at radius 1 is 0.839 bits per heavy atom. The van der Waals surface area contributed by atoms with E-state index in [9.17, 15) is 9.59 Å². The SMILES string of the molecule is CCCCCCCCCCCOC(=O)C(CC)(CC)C(=O)Oc1ccc(Cl)cc1OC. The number of carbonyl (C=O) groups excluding carboxylic acids is 2. The summed E-state index contributed by atoms with van der Waals surface area (Å²) in [6.07, 6.45) is 11.3. The van der Waals surface area contributed by atoms with Crippen molar-refractivity contribution in [2.45, 2.75) is 91.4 Å². The molecule has 0 aliphatic carbocycles. The standard InChI is InChI=1S/C25H39ClO5/c1-5-8-9-10-11-12-13-14-15-18-30-23(27)25(6-2,7-3)24(28)31-21-17-16-20(26)19-22(21)29-4/h16-17,19H,5-15,18H2,1-4H3. The van der Waals surface area contributed by atoms with Crippen molar-refractivity contribution in [3.63, 3.8) is 0 Å². The van der Waals surface area contributed by atoms with Gasteiger partial charge in [-0.3, -0.25) is 9.59 Å². The van der Waals surface area contributed by atoms with Crippen molar-refractivity contribution in [3.8, 4) is 11.5 Å². The fourth-order valence-electron chi connectivity index (χ4n) is 3.55. The molecule has 0 saturated heterocycles. The van der Waals surface area contributed by atoms with Crippen molar-refractivity contribution in [1.82, 2.24) is 0 Å². The Morgan fingerprint density at radius 3 is 1.97 bits per heavy atom. The van der Waals surface area contributed by atoms with E-state index in [4.69, 9.17) is 25.8 Å².